The number of aryl methyl sites for hydroxylation is 1. The van der Waals surface area contributed by atoms with Gasteiger partial charge in [-0.25, -0.2) is 9.97 Å². The van der Waals surface area contributed by atoms with Crippen LogP contribution in [-0.2, 0) is 28.9 Å². The zero-order valence-electron chi connectivity index (χ0n) is 22.8. The van der Waals surface area contributed by atoms with Crippen LogP contribution in [0.2, 0.25) is 0 Å². The van der Waals surface area contributed by atoms with Gasteiger partial charge in [0.15, 0.2) is 22.2 Å². The Bertz CT molecular complexity index is 1690. The van der Waals surface area contributed by atoms with Crippen molar-refractivity contribution in [3.05, 3.63) is 58.0 Å². The highest BCUT2D eigenvalue weighted by Gasteiger charge is 2.30. The second-order valence-electron chi connectivity index (χ2n) is 9.57. The van der Waals surface area contributed by atoms with Gasteiger partial charge >= 0.3 is 0 Å². The number of carbonyl (C=O) groups is 2. The lowest BCUT2D eigenvalue weighted by molar-refractivity contribution is -0.118. The monoisotopic (exact) mass is 579 g/mol. The van der Waals surface area contributed by atoms with E-state index in [2.05, 4.69) is 20.1 Å². The molecule has 4 aromatic rings. The number of carbonyl (C=O) groups excluding carboxylic acids is 2. The molecule has 0 spiro atoms. The average molecular weight is 580 g/mol. The normalized spacial score (nSPS) is 14.4. The predicted octanol–water partition coefficient (Wildman–Crippen LogP) is 0.110. The Labute approximate surface area is 237 Å². The first-order valence-electron chi connectivity index (χ1n) is 12.9. The molecule has 1 fully saturated rings. The molecule has 41 heavy (non-hydrogen) atoms. The fourth-order valence-electron chi connectivity index (χ4n) is 4.91. The zero-order valence-corrected chi connectivity index (χ0v) is 23.6. The van der Waals surface area contributed by atoms with Crippen LogP contribution in [0, 0.1) is 6.92 Å². The number of amides is 2. The fraction of sp³-hybridized carbons (Fsp3) is 0.346. The summed E-state index contributed by atoms with van der Waals surface area (Å²) < 4.78 is 14.6. The largest absolute Gasteiger partial charge is 0.612 e. The Kier molecular flexibility index (Phi) is 7.64. The van der Waals surface area contributed by atoms with Crippen molar-refractivity contribution >= 4 is 34.5 Å². The van der Waals surface area contributed by atoms with E-state index in [1.165, 1.54) is 6.33 Å². The van der Waals surface area contributed by atoms with E-state index in [0.717, 1.165) is 4.52 Å². The van der Waals surface area contributed by atoms with Crippen LogP contribution < -0.4 is 16.2 Å². The highest BCUT2D eigenvalue weighted by atomic mass is 32.2. The number of piperazine rings is 1. The van der Waals surface area contributed by atoms with Crippen molar-refractivity contribution in [3.63, 3.8) is 0 Å². The van der Waals surface area contributed by atoms with E-state index in [-0.39, 0.29) is 42.7 Å². The minimum atomic E-state index is -1.15. The number of fused-ring (bicyclic) bond motifs is 1. The number of nitrogens with two attached hydrogens (primary N) is 1. The molecule has 0 aliphatic carbocycles. The van der Waals surface area contributed by atoms with Crippen LogP contribution in [0.4, 0.5) is 5.69 Å². The number of benzene rings is 1. The molecule has 1 saturated heterocycles. The van der Waals surface area contributed by atoms with E-state index in [1.54, 1.807) is 46.9 Å². The molecule has 2 amide bonds. The number of primary amides is 1. The fourth-order valence-corrected chi connectivity index (χ4v) is 5.43. The van der Waals surface area contributed by atoms with Gasteiger partial charge in [-0.1, -0.05) is 6.92 Å². The molecule has 0 bridgehead atoms. The summed E-state index contributed by atoms with van der Waals surface area (Å²) >= 11 is -1.15. The summed E-state index contributed by atoms with van der Waals surface area (Å²) in [5.41, 5.74) is 6.94. The molecule has 3 N–H and O–H groups in total. The maximum atomic E-state index is 13.9. The molecule has 0 radical (unpaired) electrons. The molecule has 214 valence electrons. The minimum absolute atomic E-state index is 0.0706. The molecule has 1 aliphatic heterocycles. The Hall–Kier alpha value is -4.50. The number of hydrogen-bond donors (Lipinski definition) is 2. The van der Waals surface area contributed by atoms with Gasteiger partial charge in [0.25, 0.3) is 11.5 Å². The van der Waals surface area contributed by atoms with Crippen molar-refractivity contribution in [2.24, 2.45) is 5.73 Å². The molecular formula is C26H29N9O5S. The molecule has 1 aliphatic rings. The number of anilines is 1. The molecule has 3 aromatic heterocycles. The first-order chi connectivity index (χ1) is 19.6. The van der Waals surface area contributed by atoms with Crippen LogP contribution in [0.15, 0.2) is 40.3 Å². The maximum absolute atomic E-state index is 13.9. The van der Waals surface area contributed by atoms with Crippen LogP contribution in [-0.4, -0.2) is 87.9 Å². The van der Waals surface area contributed by atoms with E-state index in [9.17, 15) is 24.0 Å². The smallest absolute Gasteiger partial charge is 0.299 e. The maximum Gasteiger partial charge on any atom is 0.299 e. The summed E-state index contributed by atoms with van der Waals surface area (Å²) in [7, 11) is 0. The van der Waals surface area contributed by atoms with Gasteiger partial charge in [-0.05, 0) is 48.8 Å². The Morgan fingerprint density at radius 3 is 2.41 bits per heavy atom. The Morgan fingerprint density at radius 2 is 1.80 bits per heavy atom. The van der Waals surface area contributed by atoms with Crippen molar-refractivity contribution in [2.45, 2.75) is 31.7 Å². The molecule has 5 rings (SSSR count). The number of aromatic nitrogens is 6. The van der Waals surface area contributed by atoms with Gasteiger partial charge in [-0.3, -0.25) is 14.4 Å². The number of rotatable bonds is 7. The van der Waals surface area contributed by atoms with Gasteiger partial charge in [-0.2, -0.15) is 9.50 Å². The number of nitrogens with zero attached hydrogens (tertiary/aromatic N) is 8. The summed E-state index contributed by atoms with van der Waals surface area (Å²) in [5.74, 6) is -0.846. The van der Waals surface area contributed by atoms with Crippen LogP contribution in [0.5, 0.6) is 5.75 Å². The predicted molar refractivity (Wildman–Crippen MR) is 150 cm³/mol. The van der Waals surface area contributed by atoms with Crippen molar-refractivity contribution in [2.75, 3.05) is 37.3 Å². The third-order valence-electron chi connectivity index (χ3n) is 7.01. The molecular weight excluding hydrogens is 550 g/mol. The highest BCUT2D eigenvalue weighted by Crippen LogP contribution is 2.25. The van der Waals surface area contributed by atoms with Crippen molar-refractivity contribution in [1.29, 1.82) is 0 Å². The quantitative estimate of drug-likeness (QED) is 0.284. The lowest BCUT2D eigenvalue weighted by Crippen LogP contribution is -2.51. The van der Waals surface area contributed by atoms with Crippen molar-refractivity contribution < 1.29 is 19.2 Å². The summed E-state index contributed by atoms with van der Waals surface area (Å²) in [5, 5.41) is 14.7. The topological polar surface area (TPSA) is 188 Å². The van der Waals surface area contributed by atoms with E-state index in [1.807, 2.05) is 11.8 Å². The summed E-state index contributed by atoms with van der Waals surface area (Å²) in [4.78, 5) is 55.5. The molecule has 15 heteroatoms. The zero-order chi connectivity index (χ0) is 29.4. The van der Waals surface area contributed by atoms with Crippen LogP contribution in [0.1, 0.15) is 28.8 Å². The summed E-state index contributed by atoms with van der Waals surface area (Å²) in [6.07, 6.45) is 3.22. The second-order valence-corrected chi connectivity index (χ2v) is 10.9. The lowest BCUT2D eigenvalue weighted by Gasteiger charge is -2.36. The Balaban J connectivity index is 1.52. The number of aromatic hydroxyl groups is 1. The van der Waals surface area contributed by atoms with E-state index in [4.69, 9.17) is 5.73 Å². The van der Waals surface area contributed by atoms with Gasteiger partial charge in [-0.15, -0.1) is 5.10 Å². The third kappa shape index (κ3) is 5.20. The van der Waals surface area contributed by atoms with Crippen LogP contribution in [0.3, 0.4) is 0 Å². The van der Waals surface area contributed by atoms with E-state index in [0.29, 0.717) is 47.0 Å². The van der Waals surface area contributed by atoms with Gasteiger partial charge in [0.1, 0.15) is 24.8 Å². The van der Waals surface area contributed by atoms with E-state index < -0.39 is 28.5 Å². The summed E-state index contributed by atoms with van der Waals surface area (Å²) in [6.45, 7) is 4.42. The first-order valence-corrected chi connectivity index (χ1v) is 14.5. The molecule has 0 saturated carbocycles. The standard InChI is InChI=1S/C26H29N9O5S/c1-4-18-21(32-9-11-33(12-10-32)24(38)20-22(37)15(2)28-14-29-20)25(39)35-26(34(18)13-19(27)36)30-23(31-35)16-5-7-17(8-6-16)41(3)40/h5-8,14,37H,4,9-13H2,1-3H3,(H2,27,36). The molecule has 1 atom stereocenters. The van der Waals surface area contributed by atoms with Gasteiger partial charge < -0.3 is 29.8 Å². The number of hydrogen-bond acceptors (Lipinski definition) is 10. The van der Waals surface area contributed by atoms with Gasteiger partial charge in [0, 0.05) is 31.7 Å². The van der Waals surface area contributed by atoms with Crippen LogP contribution >= 0.6 is 0 Å². The highest BCUT2D eigenvalue weighted by molar-refractivity contribution is 7.90. The van der Waals surface area contributed by atoms with Gasteiger partial charge in [0.2, 0.25) is 11.7 Å². The molecule has 1 unspecified atom stereocenters. The molecule has 14 nitrogen and oxygen atoms in total. The Morgan fingerprint density at radius 1 is 1.12 bits per heavy atom. The summed E-state index contributed by atoms with van der Waals surface area (Å²) in [6, 6.07) is 6.87. The lowest BCUT2D eigenvalue weighted by atomic mass is 10.2. The first kappa shape index (κ1) is 28.0. The third-order valence-corrected chi connectivity index (χ3v) is 7.95. The average Bonchev–Trinajstić information content (AvgIpc) is 3.41. The van der Waals surface area contributed by atoms with Crippen molar-refractivity contribution in [1.82, 2.24) is 34.0 Å². The molecule has 1 aromatic carbocycles. The van der Waals surface area contributed by atoms with E-state index >= 15 is 0 Å². The molecule has 4 heterocycles. The van der Waals surface area contributed by atoms with Crippen molar-refractivity contribution in [3.8, 4) is 17.1 Å². The SMILES string of the molecule is CCc1c(N2CCN(C(=O)c3ncnc(C)c3O)CC2)c(=O)n2nc(-c3ccc([S+](C)[O-])cc3)nc2n1CC(N)=O. The minimum Gasteiger partial charge on any atom is -0.612 e. The van der Waals surface area contributed by atoms with Gasteiger partial charge in [0.05, 0.1) is 11.4 Å². The second kappa shape index (κ2) is 11.2. The van der Waals surface area contributed by atoms with Crippen LogP contribution in [0.25, 0.3) is 17.2 Å².